The predicted octanol–water partition coefficient (Wildman–Crippen LogP) is 2.16. The van der Waals surface area contributed by atoms with Crippen LogP contribution >= 0.6 is 0 Å². The van der Waals surface area contributed by atoms with Crippen molar-refractivity contribution in [1.29, 1.82) is 5.26 Å². The summed E-state index contributed by atoms with van der Waals surface area (Å²) in [5.74, 6) is -1.07. The van der Waals surface area contributed by atoms with Crippen LogP contribution in [-0.4, -0.2) is 52.6 Å². The summed E-state index contributed by atoms with van der Waals surface area (Å²) in [4.78, 5) is 26.3. The average molecular weight is 283 g/mol. The van der Waals surface area contributed by atoms with Gasteiger partial charge in [0.05, 0.1) is 12.0 Å². The van der Waals surface area contributed by atoms with Gasteiger partial charge in [0.25, 0.3) is 0 Å². The smallest absolute Gasteiger partial charge is 0.320 e. The molecule has 0 rings (SSSR count). The van der Waals surface area contributed by atoms with E-state index in [2.05, 4.69) is 6.07 Å². The molecule has 20 heavy (non-hydrogen) atoms. The van der Waals surface area contributed by atoms with Gasteiger partial charge in [-0.15, -0.1) is 0 Å². The first-order valence-electron chi connectivity index (χ1n) is 7.00. The Labute approximate surface area is 121 Å². The minimum absolute atomic E-state index is 0.00253. The quantitative estimate of drug-likeness (QED) is 0.739. The molecule has 6 nitrogen and oxygen atoms in total. The number of hydrogen-bond donors (Lipinski definition) is 1. The third-order valence-electron chi connectivity index (χ3n) is 3.03. The number of carbonyl (C=O) groups excluding carboxylic acids is 1. The molecule has 0 fully saturated rings. The molecular weight excluding hydrogens is 258 g/mol. The van der Waals surface area contributed by atoms with Crippen molar-refractivity contribution in [3.63, 3.8) is 0 Å². The molecule has 0 radical (unpaired) electrons. The van der Waals surface area contributed by atoms with Crippen LogP contribution in [0.25, 0.3) is 0 Å². The maximum absolute atomic E-state index is 12.4. The third-order valence-corrected chi connectivity index (χ3v) is 3.03. The molecule has 0 aromatic rings. The second-order valence-corrected chi connectivity index (χ2v) is 5.14. The highest BCUT2D eigenvalue weighted by atomic mass is 16.4. The van der Waals surface area contributed by atoms with Crippen LogP contribution in [-0.2, 0) is 4.79 Å². The lowest BCUT2D eigenvalue weighted by molar-refractivity contribution is -0.137. The molecule has 0 aliphatic rings. The second-order valence-electron chi connectivity index (χ2n) is 5.14. The minimum Gasteiger partial charge on any atom is -0.481 e. The second kappa shape index (κ2) is 9.18. The number of rotatable bonds is 8. The van der Waals surface area contributed by atoms with Crippen molar-refractivity contribution in [3.05, 3.63) is 0 Å². The maximum Gasteiger partial charge on any atom is 0.320 e. The third kappa shape index (κ3) is 6.41. The molecule has 0 aromatic heterocycles. The fraction of sp³-hybridized carbons (Fsp3) is 0.786. The molecule has 6 heteroatoms. The Morgan fingerprint density at radius 1 is 1.30 bits per heavy atom. The van der Waals surface area contributed by atoms with E-state index in [1.807, 2.05) is 20.8 Å². The van der Waals surface area contributed by atoms with Crippen LogP contribution in [0, 0.1) is 17.2 Å². The summed E-state index contributed by atoms with van der Waals surface area (Å²) in [6.45, 7) is 8.81. The number of nitriles is 1. The lowest BCUT2D eigenvalue weighted by Crippen LogP contribution is -2.48. The van der Waals surface area contributed by atoms with Crippen molar-refractivity contribution >= 4 is 12.0 Å². The zero-order valence-corrected chi connectivity index (χ0v) is 12.8. The SMILES string of the molecule is CCN(CC(C)C#N)C(=O)N(CCCC(=O)O)C(C)C. The van der Waals surface area contributed by atoms with Crippen molar-refractivity contribution in [3.8, 4) is 6.07 Å². The molecule has 0 bridgehead atoms. The van der Waals surface area contributed by atoms with Gasteiger partial charge in [-0.1, -0.05) is 0 Å². The molecule has 0 aliphatic heterocycles. The number of amides is 2. The van der Waals surface area contributed by atoms with Gasteiger partial charge >= 0.3 is 12.0 Å². The minimum atomic E-state index is -0.855. The summed E-state index contributed by atoms with van der Waals surface area (Å²) in [7, 11) is 0. The predicted molar refractivity (Wildman–Crippen MR) is 76.1 cm³/mol. The Balaban J connectivity index is 4.67. The number of carboxylic acid groups (broad SMARTS) is 1. The van der Waals surface area contributed by atoms with E-state index in [4.69, 9.17) is 10.4 Å². The van der Waals surface area contributed by atoms with Gasteiger partial charge in [0.15, 0.2) is 0 Å². The molecule has 0 saturated carbocycles. The van der Waals surface area contributed by atoms with E-state index in [0.717, 1.165) is 0 Å². The Bertz CT molecular complexity index is 363. The largest absolute Gasteiger partial charge is 0.481 e. The van der Waals surface area contributed by atoms with Crippen LogP contribution in [0.2, 0.25) is 0 Å². The number of hydrogen-bond acceptors (Lipinski definition) is 3. The lowest BCUT2D eigenvalue weighted by atomic mass is 10.2. The summed E-state index contributed by atoms with van der Waals surface area (Å²) in [5, 5.41) is 17.5. The maximum atomic E-state index is 12.4. The van der Waals surface area contributed by atoms with Gasteiger partial charge in [-0.2, -0.15) is 5.26 Å². The zero-order valence-electron chi connectivity index (χ0n) is 12.8. The van der Waals surface area contributed by atoms with Crippen molar-refractivity contribution in [2.45, 2.75) is 46.6 Å². The monoisotopic (exact) mass is 283 g/mol. The Hall–Kier alpha value is -1.77. The standard InChI is InChI=1S/C14H25N3O3/c1-5-16(10-12(4)9-15)14(20)17(11(2)3)8-6-7-13(18)19/h11-12H,5-8,10H2,1-4H3,(H,18,19). The van der Waals surface area contributed by atoms with Crippen LogP contribution in [0.4, 0.5) is 4.79 Å². The summed E-state index contributed by atoms with van der Waals surface area (Å²) >= 11 is 0. The van der Waals surface area contributed by atoms with Crippen molar-refractivity contribution in [1.82, 2.24) is 9.80 Å². The molecule has 2 amide bonds. The Kier molecular flexibility index (Phi) is 8.37. The number of aliphatic carboxylic acids is 1. The van der Waals surface area contributed by atoms with Crippen molar-refractivity contribution in [2.24, 2.45) is 5.92 Å². The van der Waals surface area contributed by atoms with Crippen LogP contribution in [0.3, 0.4) is 0 Å². The number of nitrogens with zero attached hydrogens (tertiary/aromatic N) is 3. The van der Waals surface area contributed by atoms with Gasteiger partial charge in [-0.05, 0) is 34.1 Å². The molecule has 0 aliphatic carbocycles. The highest BCUT2D eigenvalue weighted by molar-refractivity contribution is 5.75. The van der Waals surface area contributed by atoms with E-state index < -0.39 is 5.97 Å². The average Bonchev–Trinajstić information content (AvgIpc) is 2.39. The summed E-state index contributed by atoms with van der Waals surface area (Å²) in [6.07, 6.45) is 0.488. The molecule has 114 valence electrons. The normalized spacial score (nSPS) is 11.8. The van der Waals surface area contributed by atoms with Gasteiger partial charge in [0, 0.05) is 32.1 Å². The zero-order chi connectivity index (χ0) is 15.7. The number of urea groups is 1. The molecular formula is C14H25N3O3. The van der Waals surface area contributed by atoms with E-state index in [1.54, 1.807) is 16.7 Å². The molecule has 0 heterocycles. The molecule has 0 saturated heterocycles. The Morgan fingerprint density at radius 2 is 1.90 bits per heavy atom. The van der Waals surface area contributed by atoms with E-state index in [-0.39, 0.29) is 24.4 Å². The number of carboxylic acids is 1. The van der Waals surface area contributed by atoms with Crippen LogP contribution in [0.15, 0.2) is 0 Å². The lowest BCUT2D eigenvalue weighted by Gasteiger charge is -2.33. The van der Waals surface area contributed by atoms with Crippen LogP contribution in [0.1, 0.15) is 40.5 Å². The molecule has 1 unspecified atom stereocenters. The van der Waals surface area contributed by atoms with Gasteiger partial charge in [0.2, 0.25) is 0 Å². The Morgan fingerprint density at radius 3 is 2.30 bits per heavy atom. The van der Waals surface area contributed by atoms with E-state index in [1.165, 1.54) is 0 Å². The first-order chi connectivity index (χ1) is 9.33. The highest BCUT2D eigenvalue weighted by Gasteiger charge is 2.23. The highest BCUT2D eigenvalue weighted by Crippen LogP contribution is 2.09. The van der Waals surface area contributed by atoms with E-state index >= 15 is 0 Å². The molecule has 1 N–H and O–H groups in total. The first-order valence-corrected chi connectivity index (χ1v) is 7.00. The first kappa shape index (κ1) is 18.2. The van der Waals surface area contributed by atoms with Gasteiger partial charge in [-0.25, -0.2) is 4.79 Å². The number of carbonyl (C=O) groups is 2. The van der Waals surface area contributed by atoms with Crippen molar-refractivity contribution in [2.75, 3.05) is 19.6 Å². The fourth-order valence-corrected chi connectivity index (χ4v) is 1.87. The van der Waals surface area contributed by atoms with E-state index in [0.29, 0.717) is 26.1 Å². The topological polar surface area (TPSA) is 84.6 Å². The van der Waals surface area contributed by atoms with Gasteiger partial charge in [-0.3, -0.25) is 4.79 Å². The summed E-state index contributed by atoms with van der Waals surface area (Å²) < 4.78 is 0. The van der Waals surface area contributed by atoms with Gasteiger partial charge in [0.1, 0.15) is 0 Å². The summed E-state index contributed by atoms with van der Waals surface area (Å²) in [5.41, 5.74) is 0. The molecule has 0 spiro atoms. The summed E-state index contributed by atoms with van der Waals surface area (Å²) in [6, 6.07) is 1.99. The fourth-order valence-electron chi connectivity index (χ4n) is 1.87. The van der Waals surface area contributed by atoms with Crippen molar-refractivity contribution < 1.29 is 14.7 Å². The van der Waals surface area contributed by atoms with Gasteiger partial charge < -0.3 is 14.9 Å². The van der Waals surface area contributed by atoms with E-state index in [9.17, 15) is 9.59 Å². The molecule has 1 atom stereocenters. The molecule has 0 aromatic carbocycles. The van der Waals surface area contributed by atoms with Crippen LogP contribution < -0.4 is 0 Å². The van der Waals surface area contributed by atoms with Crippen LogP contribution in [0.5, 0.6) is 0 Å².